The van der Waals surface area contributed by atoms with Crippen LogP contribution in [0.25, 0.3) is 11.0 Å². The van der Waals surface area contributed by atoms with Crippen molar-refractivity contribution in [1.29, 1.82) is 0 Å². The predicted octanol–water partition coefficient (Wildman–Crippen LogP) is 4.38. The molecule has 1 aromatic heterocycles. The van der Waals surface area contributed by atoms with Crippen LogP contribution in [0, 0.1) is 0 Å². The zero-order valence-corrected chi connectivity index (χ0v) is 15.5. The summed E-state index contributed by atoms with van der Waals surface area (Å²) in [5.41, 5.74) is 1.13. The van der Waals surface area contributed by atoms with Gasteiger partial charge >= 0.3 is 6.09 Å². The lowest BCUT2D eigenvalue weighted by Gasteiger charge is -2.24. The van der Waals surface area contributed by atoms with Gasteiger partial charge in [0.2, 0.25) is 0 Å². The second kappa shape index (κ2) is 6.76. The fourth-order valence-corrected chi connectivity index (χ4v) is 3.87. The first-order valence-electron chi connectivity index (χ1n) is 7.89. The molecule has 1 unspecified atom stereocenters. The Bertz CT molecular complexity index is 763. The summed E-state index contributed by atoms with van der Waals surface area (Å²) < 4.78 is 5.43. The van der Waals surface area contributed by atoms with E-state index in [0.717, 1.165) is 17.5 Å². The van der Waals surface area contributed by atoms with Crippen molar-refractivity contribution in [2.75, 3.05) is 13.1 Å². The number of nitrogens with zero attached hydrogens (tertiary/aromatic N) is 3. The zero-order chi connectivity index (χ0) is 17.3. The molecule has 0 aliphatic carbocycles. The number of carbonyl (C=O) groups is 1. The zero-order valence-electron chi connectivity index (χ0n) is 14.0. The quantitative estimate of drug-likeness (QED) is 0.790. The van der Waals surface area contributed by atoms with E-state index < -0.39 is 5.60 Å². The van der Waals surface area contributed by atoms with E-state index in [0.29, 0.717) is 23.3 Å². The molecule has 2 heterocycles. The summed E-state index contributed by atoms with van der Waals surface area (Å²) in [4.78, 5) is 22.9. The highest BCUT2D eigenvalue weighted by atomic mass is 35.5. The van der Waals surface area contributed by atoms with Gasteiger partial charge in [-0.1, -0.05) is 35.5 Å². The first kappa shape index (κ1) is 17.3. The molecule has 1 atom stereocenters. The lowest BCUT2D eigenvalue weighted by atomic mass is 10.2. The molecule has 3 rings (SSSR count). The summed E-state index contributed by atoms with van der Waals surface area (Å²) in [7, 11) is 0. The molecule has 1 aliphatic heterocycles. The molecule has 1 aromatic carbocycles. The van der Waals surface area contributed by atoms with Crippen LogP contribution in [-0.2, 0) is 4.74 Å². The number of hydrogen-bond donors (Lipinski definition) is 0. The molecule has 128 valence electrons. The molecule has 1 aliphatic rings. The van der Waals surface area contributed by atoms with E-state index in [4.69, 9.17) is 16.3 Å². The van der Waals surface area contributed by atoms with Crippen LogP contribution in [0.3, 0.4) is 0 Å². The van der Waals surface area contributed by atoms with Crippen LogP contribution < -0.4 is 0 Å². The van der Waals surface area contributed by atoms with E-state index in [2.05, 4.69) is 9.97 Å². The van der Waals surface area contributed by atoms with Gasteiger partial charge in [0.1, 0.15) is 10.6 Å². The van der Waals surface area contributed by atoms with Crippen molar-refractivity contribution in [2.24, 2.45) is 0 Å². The SMILES string of the molecule is CC(C)(C)OC(=O)N1CCC(Sc2nc3ccccc3nc2Cl)C1. The Balaban J connectivity index is 1.67. The van der Waals surface area contributed by atoms with E-state index >= 15 is 0 Å². The van der Waals surface area contributed by atoms with Crippen molar-refractivity contribution in [2.45, 2.75) is 43.1 Å². The fourth-order valence-electron chi connectivity index (χ4n) is 2.51. The standard InChI is InChI=1S/C17H20ClN3O2S/c1-17(2,3)23-16(22)21-9-8-11(10-21)24-15-14(18)19-12-6-4-5-7-13(12)20-15/h4-7,11H,8-10H2,1-3H3. The van der Waals surface area contributed by atoms with Crippen LogP contribution in [0.15, 0.2) is 29.3 Å². The number of hydrogen-bond acceptors (Lipinski definition) is 5. The summed E-state index contributed by atoms with van der Waals surface area (Å²) in [5.74, 6) is 0. The highest BCUT2D eigenvalue weighted by molar-refractivity contribution is 8.00. The van der Waals surface area contributed by atoms with Crippen LogP contribution in [0.4, 0.5) is 4.79 Å². The van der Waals surface area contributed by atoms with Gasteiger partial charge in [0.15, 0.2) is 5.15 Å². The van der Waals surface area contributed by atoms with Gasteiger partial charge in [-0.15, -0.1) is 0 Å². The van der Waals surface area contributed by atoms with Crippen LogP contribution in [-0.4, -0.2) is 44.9 Å². The van der Waals surface area contributed by atoms with Crippen LogP contribution in [0.2, 0.25) is 5.15 Å². The molecule has 0 N–H and O–H groups in total. The topological polar surface area (TPSA) is 55.3 Å². The second-order valence-corrected chi connectivity index (χ2v) is 8.41. The molecule has 5 nitrogen and oxygen atoms in total. The van der Waals surface area contributed by atoms with E-state index in [1.54, 1.807) is 16.7 Å². The van der Waals surface area contributed by atoms with Crippen molar-refractivity contribution in [3.8, 4) is 0 Å². The summed E-state index contributed by atoms with van der Waals surface area (Å²) in [6.45, 7) is 6.93. The van der Waals surface area contributed by atoms with Gasteiger partial charge in [0.25, 0.3) is 0 Å². The van der Waals surface area contributed by atoms with Crippen LogP contribution in [0.5, 0.6) is 0 Å². The fraction of sp³-hybridized carbons (Fsp3) is 0.471. The normalized spacial score (nSPS) is 18.2. The number of fused-ring (bicyclic) bond motifs is 1. The third kappa shape index (κ3) is 4.11. The molecule has 0 bridgehead atoms. The third-order valence-corrected chi connectivity index (χ3v) is 5.18. The summed E-state index contributed by atoms with van der Waals surface area (Å²) >= 11 is 7.84. The van der Waals surface area contributed by atoms with Crippen LogP contribution in [0.1, 0.15) is 27.2 Å². The lowest BCUT2D eigenvalue weighted by Crippen LogP contribution is -2.35. The number of aromatic nitrogens is 2. The number of para-hydroxylation sites is 2. The Morgan fingerprint density at radius 3 is 2.62 bits per heavy atom. The highest BCUT2D eigenvalue weighted by Gasteiger charge is 2.31. The Labute approximate surface area is 150 Å². The van der Waals surface area contributed by atoms with Gasteiger partial charge in [0, 0.05) is 18.3 Å². The van der Waals surface area contributed by atoms with E-state index in [-0.39, 0.29) is 11.3 Å². The molecule has 7 heteroatoms. The van der Waals surface area contributed by atoms with Gasteiger partial charge in [-0.05, 0) is 39.3 Å². The number of likely N-dealkylation sites (tertiary alicyclic amines) is 1. The number of rotatable bonds is 2. The summed E-state index contributed by atoms with van der Waals surface area (Å²) in [6.07, 6.45) is 0.621. The van der Waals surface area contributed by atoms with Gasteiger partial charge in [0.05, 0.1) is 11.0 Å². The number of carbonyl (C=O) groups excluding carboxylic acids is 1. The molecule has 1 fully saturated rings. The molecule has 1 saturated heterocycles. The number of ether oxygens (including phenoxy) is 1. The largest absolute Gasteiger partial charge is 0.444 e. The lowest BCUT2D eigenvalue weighted by molar-refractivity contribution is 0.0295. The minimum absolute atomic E-state index is 0.241. The average Bonchev–Trinajstić information content (AvgIpc) is 2.95. The van der Waals surface area contributed by atoms with E-state index in [1.807, 2.05) is 45.0 Å². The summed E-state index contributed by atoms with van der Waals surface area (Å²) in [5, 5.41) is 1.37. The minimum Gasteiger partial charge on any atom is -0.444 e. The van der Waals surface area contributed by atoms with Crippen LogP contribution >= 0.6 is 23.4 Å². The van der Waals surface area contributed by atoms with Crippen molar-refractivity contribution in [3.63, 3.8) is 0 Å². The Hall–Kier alpha value is -1.53. The van der Waals surface area contributed by atoms with Crippen molar-refractivity contribution >= 4 is 40.5 Å². The smallest absolute Gasteiger partial charge is 0.410 e. The predicted molar refractivity (Wildman–Crippen MR) is 96.6 cm³/mol. The number of thioether (sulfide) groups is 1. The maximum absolute atomic E-state index is 12.1. The van der Waals surface area contributed by atoms with Crippen molar-refractivity contribution in [3.05, 3.63) is 29.4 Å². The molecule has 2 aromatic rings. The number of halogens is 1. The molecule has 24 heavy (non-hydrogen) atoms. The highest BCUT2D eigenvalue weighted by Crippen LogP contribution is 2.33. The minimum atomic E-state index is -0.477. The van der Waals surface area contributed by atoms with E-state index in [9.17, 15) is 4.79 Å². The Morgan fingerprint density at radius 2 is 1.96 bits per heavy atom. The number of benzene rings is 1. The Kier molecular flexibility index (Phi) is 4.88. The summed E-state index contributed by atoms with van der Waals surface area (Å²) in [6, 6.07) is 7.65. The second-order valence-electron chi connectivity index (χ2n) is 6.76. The maximum atomic E-state index is 12.1. The molecule has 0 saturated carbocycles. The van der Waals surface area contributed by atoms with Gasteiger partial charge in [-0.2, -0.15) is 0 Å². The Morgan fingerprint density at radius 1 is 1.29 bits per heavy atom. The molecular weight excluding hydrogens is 346 g/mol. The molecular formula is C17H20ClN3O2S. The van der Waals surface area contributed by atoms with Crippen molar-refractivity contribution < 1.29 is 9.53 Å². The molecule has 1 amide bonds. The van der Waals surface area contributed by atoms with E-state index in [1.165, 1.54) is 0 Å². The van der Waals surface area contributed by atoms with Gasteiger partial charge in [-0.3, -0.25) is 0 Å². The monoisotopic (exact) mass is 365 g/mol. The first-order chi connectivity index (χ1) is 11.3. The van der Waals surface area contributed by atoms with Gasteiger partial charge < -0.3 is 9.64 Å². The maximum Gasteiger partial charge on any atom is 0.410 e. The molecule has 0 spiro atoms. The average molecular weight is 366 g/mol. The van der Waals surface area contributed by atoms with Gasteiger partial charge in [-0.25, -0.2) is 14.8 Å². The third-order valence-electron chi connectivity index (χ3n) is 3.57. The number of amides is 1. The first-order valence-corrected chi connectivity index (χ1v) is 9.14. The molecule has 0 radical (unpaired) electrons. The van der Waals surface area contributed by atoms with Crippen molar-refractivity contribution in [1.82, 2.24) is 14.9 Å².